The first-order valence-electron chi connectivity index (χ1n) is 12.0. The van der Waals surface area contributed by atoms with Crippen LogP contribution in [-0.2, 0) is 11.3 Å². The van der Waals surface area contributed by atoms with Gasteiger partial charge in [-0.25, -0.2) is 0 Å². The van der Waals surface area contributed by atoms with Gasteiger partial charge in [-0.05, 0) is 36.2 Å². The molecule has 0 radical (unpaired) electrons. The van der Waals surface area contributed by atoms with Crippen molar-refractivity contribution in [3.63, 3.8) is 0 Å². The number of nitrogens with one attached hydrogen (secondary N) is 2. The molecule has 30 heavy (non-hydrogen) atoms. The molecule has 3 aliphatic rings. The summed E-state index contributed by atoms with van der Waals surface area (Å²) in [6, 6.07) is 10.8. The van der Waals surface area contributed by atoms with E-state index in [2.05, 4.69) is 56.3 Å². The van der Waals surface area contributed by atoms with Crippen LogP contribution in [0.5, 0.6) is 0 Å². The molecule has 166 valence electrons. The number of nitrogens with zero attached hydrogens (tertiary/aromatic N) is 1. The largest absolute Gasteiger partial charge is 0.393 e. The zero-order valence-electron chi connectivity index (χ0n) is 19.1. The molecule has 5 nitrogen and oxygen atoms in total. The van der Waals surface area contributed by atoms with Crippen LogP contribution in [-0.4, -0.2) is 62.8 Å². The van der Waals surface area contributed by atoms with Crippen molar-refractivity contribution in [3.05, 3.63) is 35.9 Å². The minimum Gasteiger partial charge on any atom is -0.393 e. The Labute approximate surface area is 182 Å². The Bertz CT molecular complexity index is 727. The molecule has 1 aliphatic heterocycles. The van der Waals surface area contributed by atoms with E-state index in [1.807, 2.05) is 0 Å². The van der Waals surface area contributed by atoms with E-state index in [4.69, 9.17) is 4.84 Å². The van der Waals surface area contributed by atoms with Gasteiger partial charge in [0, 0.05) is 11.8 Å². The molecule has 0 unspecified atom stereocenters. The molecule has 0 amide bonds. The van der Waals surface area contributed by atoms with E-state index in [9.17, 15) is 5.11 Å². The zero-order valence-corrected chi connectivity index (χ0v) is 19.1. The summed E-state index contributed by atoms with van der Waals surface area (Å²) < 4.78 is 0. The predicted molar refractivity (Wildman–Crippen MR) is 120 cm³/mol. The molecule has 0 aromatic heterocycles. The SMILES string of the molecule is CC1(C)[C@@H]2CC[C@@]1(C)/C(=N\OC[C@H](O)C[NH+]1CC[NH+](CCc3ccccc3)CC1)C2. The second-order valence-electron chi connectivity index (χ2n) is 10.7. The average molecular weight is 416 g/mol. The lowest BCUT2D eigenvalue weighted by Gasteiger charge is -2.34. The van der Waals surface area contributed by atoms with Crippen LogP contribution in [0.2, 0.25) is 0 Å². The van der Waals surface area contributed by atoms with E-state index >= 15 is 0 Å². The maximum Gasteiger partial charge on any atom is 0.148 e. The van der Waals surface area contributed by atoms with Crippen molar-refractivity contribution < 1.29 is 19.7 Å². The van der Waals surface area contributed by atoms with Gasteiger partial charge in [-0.15, -0.1) is 0 Å². The number of fused-ring (bicyclic) bond motifs is 2. The molecular weight excluding hydrogens is 374 g/mol. The minimum absolute atomic E-state index is 0.173. The van der Waals surface area contributed by atoms with E-state index in [1.54, 1.807) is 4.90 Å². The van der Waals surface area contributed by atoms with Gasteiger partial charge in [-0.3, -0.25) is 0 Å². The summed E-state index contributed by atoms with van der Waals surface area (Å²) in [7, 11) is 0. The van der Waals surface area contributed by atoms with Gasteiger partial charge >= 0.3 is 0 Å². The quantitative estimate of drug-likeness (QED) is 0.545. The minimum atomic E-state index is -0.436. The van der Waals surface area contributed by atoms with Gasteiger partial charge in [0.2, 0.25) is 0 Å². The summed E-state index contributed by atoms with van der Waals surface area (Å²) in [6.45, 7) is 14.0. The Hall–Kier alpha value is -1.43. The highest BCUT2D eigenvalue weighted by Crippen LogP contribution is 2.63. The van der Waals surface area contributed by atoms with Gasteiger partial charge in [0.25, 0.3) is 0 Å². The molecular formula is C25H41N3O2+2. The van der Waals surface area contributed by atoms with E-state index in [-0.39, 0.29) is 5.41 Å². The fourth-order valence-electron chi connectivity index (χ4n) is 6.04. The summed E-state index contributed by atoms with van der Waals surface area (Å²) in [5.41, 5.74) is 3.15. The molecule has 5 heteroatoms. The second kappa shape index (κ2) is 8.97. The number of rotatable bonds is 8. The van der Waals surface area contributed by atoms with Crippen LogP contribution in [0.25, 0.3) is 0 Å². The topological polar surface area (TPSA) is 50.7 Å². The average Bonchev–Trinajstić information content (AvgIpc) is 3.08. The van der Waals surface area contributed by atoms with Crippen molar-refractivity contribution in [3.8, 4) is 0 Å². The first kappa shape index (κ1) is 21.8. The summed E-state index contributed by atoms with van der Waals surface area (Å²) in [6.07, 6.45) is 4.32. The molecule has 2 bridgehead atoms. The fourth-order valence-corrected chi connectivity index (χ4v) is 6.04. The Morgan fingerprint density at radius 3 is 2.43 bits per heavy atom. The standard InChI is InChI=1S/C25H39N3O2/c1-24(2)21-9-11-25(24,3)23(17-21)26-30-19-22(29)18-28-15-13-27(14-16-28)12-10-20-7-5-4-6-8-20/h4-8,21-22,29H,9-19H2,1-3H3/p+2/b26-23-/t21-,22-,25+/m1/s1. The number of benzene rings is 1. The second-order valence-corrected chi connectivity index (χ2v) is 10.7. The molecule has 2 aliphatic carbocycles. The third-order valence-corrected chi connectivity index (χ3v) is 8.75. The van der Waals surface area contributed by atoms with Crippen molar-refractivity contribution in [1.82, 2.24) is 0 Å². The summed E-state index contributed by atoms with van der Waals surface area (Å²) >= 11 is 0. The number of aliphatic hydroxyl groups excluding tert-OH is 1. The Morgan fingerprint density at radius 2 is 1.80 bits per heavy atom. The number of piperazine rings is 1. The Morgan fingerprint density at radius 1 is 1.10 bits per heavy atom. The first-order chi connectivity index (χ1) is 14.4. The van der Waals surface area contributed by atoms with Gasteiger partial charge < -0.3 is 19.7 Å². The molecule has 0 spiro atoms. The van der Waals surface area contributed by atoms with Crippen molar-refractivity contribution in [1.29, 1.82) is 0 Å². The third-order valence-electron chi connectivity index (χ3n) is 8.75. The smallest absolute Gasteiger partial charge is 0.148 e. The molecule has 1 aromatic rings. The lowest BCUT2D eigenvalue weighted by atomic mass is 9.70. The molecule has 1 heterocycles. The van der Waals surface area contributed by atoms with Crippen LogP contribution in [0.4, 0.5) is 0 Å². The van der Waals surface area contributed by atoms with Crippen LogP contribution < -0.4 is 9.80 Å². The third kappa shape index (κ3) is 4.44. The maximum absolute atomic E-state index is 10.5. The van der Waals surface area contributed by atoms with Crippen LogP contribution in [0.15, 0.2) is 35.5 Å². The maximum atomic E-state index is 10.5. The van der Waals surface area contributed by atoms with Crippen LogP contribution in [0.1, 0.15) is 45.6 Å². The monoisotopic (exact) mass is 415 g/mol. The molecule has 1 aromatic carbocycles. The normalized spacial score (nSPS) is 34.9. The fraction of sp³-hybridized carbons (Fsp3) is 0.720. The van der Waals surface area contributed by atoms with Crippen LogP contribution in [0, 0.1) is 16.7 Å². The Kier molecular flexibility index (Phi) is 6.52. The van der Waals surface area contributed by atoms with Gasteiger partial charge in [0.1, 0.15) is 45.4 Å². The molecule has 3 atom stereocenters. The van der Waals surface area contributed by atoms with Crippen molar-refractivity contribution >= 4 is 5.71 Å². The van der Waals surface area contributed by atoms with Crippen molar-refractivity contribution in [2.45, 2.75) is 52.6 Å². The van der Waals surface area contributed by atoms with Crippen LogP contribution >= 0.6 is 0 Å². The summed E-state index contributed by atoms with van der Waals surface area (Å²) in [4.78, 5) is 8.84. The van der Waals surface area contributed by atoms with E-state index < -0.39 is 6.10 Å². The van der Waals surface area contributed by atoms with Crippen LogP contribution in [0.3, 0.4) is 0 Å². The molecule has 1 saturated heterocycles. The highest BCUT2D eigenvalue weighted by molar-refractivity contribution is 5.93. The number of aliphatic hydroxyl groups is 1. The molecule has 4 rings (SSSR count). The Balaban J connectivity index is 1.15. The molecule has 2 saturated carbocycles. The number of quaternary nitrogens is 2. The van der Waals surface area contributed by atoms with Gasteiger partial charge in [-0.1, -0.05) is 56.3 Å². The zero-order chi connectivity index (χ0) is 21.2. The highest BCUT2D eigenvalue weighted by atomic mass is 16.6. The van der Waals surface area contributed by atoms with Crippen molar-refractivity contribution in [2.24, 2.45) is 21.9 Å². The molecule has 3 N–H and O–H groups in total. The van der Waals surface area contributed by atoms with E-state index in [0.717, 1.165) is 38.4 Å². The van der Waals surface area contributed by atoms with E-state index in [0.29, 0.717) is 12.0 Å². The first-order valence-corrected chi connectivity index (χ1v) is 12.0. The van der Waals surface area contributed by atoms with Gasteiger partial charge in [0.05, 0.1) is 12.3 Å². The number of hydrogen-bond acceptors (Lipinski definition) is 3. The van der Waals surface area contributed by atoms with Gasteiger partial charge in [-0.2, -0.15) is 0 Å². The summed E-state index contributed by atoms with van der Waals surface area (Å²) in [5, 5.41) is 15.0. The highest BCUT2D eigenvalue weighted by Gasteiger charge is 2.60. The van der Waals surface area contributed by atoms with E-state index in [1.165, 1.54) is 48.7 Å². The lowest BCUT2D eigenvalue weighted by Crippen LogP contribution is -3.28. The lowest BCUT2D eigenvalue weighted by molar-refractivity contribution is -1.01. The number of hydrogen-bond donors (Lipinski definition) is 3. The predicted octanol–water partition coefficient (Wildman–Crippen LogP) is 0.592. The number of oxime groups is 1. The van der Waals surface area contributed by atoms with Crippen molar-refractivity contribution in [2.75, 3.05) is 45.9 Å². The summed E-state index contributed by atoms with van der Waals surface area (Å²) in [5.74, 6) is 0.736. The van der Waals surface area contributed by atoms with Gasteiger partial charge in [0.15, 0.2) is 0 Å². The molecule has 3 fully saturated rings.